The van der Waals surface area contributed by atoms with Gasteiger partial charge < -0.3 is 11.1 Å². The van der Waals surface area contributed by atoms with Crippen LogP contribution in [0.3, 0.4) is 0 Å². The first-order valence-electron chi connectivity index (χ1n) is 6.05. The van der Waals surface area contributed by atoms with Crippen molar-refractivity contribution in [2.24, 2.45) is 18.2 Å². The van der Waals surface area contributed by atoms with E-state index in [-0.39, 0.29) is 11.3 Å². The molecule has 0 aromatic carbocycles. The molecule has 1 saturated carbocycles. The smallest absolute Gasteiger partial charge is 0.227 e. The van der Waals surface area contributed by atoms with Crippen molar-refractivity contribution in [3.8, 4) is 0 Å². The highest BCUT2D eigenvalue weighted by atomic mass is 16.2. The van der Waals surface area contributed by atoms with Crippen LogP contribution in [-0.2, 0) is 18.4 Å². The van der Waals surface area contributed by atoms with Crippen LogP contribution >= 0.6 is 0 Å². The van der Waals surface area contributed by atoms with Gasteiger partial charge >= 0.3 is 0 Å². The van der Waals surface area contributed by atoms with E-state index in [2.05, 4.69) is 10.4 Å². The lowest BCUT2D eigenvalue weighted by atomic mass is 9.68. The first-order valence-corrected chi connectivity index (χ1v) is 6.05. The predicted octanol–water partition coefficient (Wildman–Crippen LogP) is 0.474. The molecule has 3 N–H and O–H groups in total. The van der Waals surface area contributed by atoms with E-state index in [0.717, 1.165) is 30.5 Å². The van der Waals surface area contributed by atoms with Gasteiger partial charge in [0.2, 0.25) is 5.91 Å². The van der Waals surface area contributed by atoms with Crippen LogP contribution in [0.15, 0.2) is 6.20 Å². The molecule has 2 rings (SSSR count). The second kappa shape index (κ2) is 4.49. The van der Waals surface area contributed by atoms with Crippen molar-refractivity contribution in [3.63, 3.8) is 0 Å². The van der Waals surface area contributed by atoms with E-state index < -0.39 is 0 Å². The molecule has 0 radical (unpaired) electrons. The Labute approximate surface area is 101 Å². The minimum Gasteiger partial charge on any atom is -0.351 e. The summed E-state index contributed by atoms with van der Waals surface area (Å²) in [5.74, 6) is 0.0921. The standard InChI is InChI=1S/C12H20N4O/c1-9-10(7-15-16(9)2)6-14-11(17)12(8-13)4-3-5-12/h7H,3-6,8,13H2,1-2H3,(H,14,17). The van der Waals surface area contributed by atoms with Crippen LogP contribution in [-0.4, -0.2) is 22.2 Å². The van der Waals surface area contributed by atoms with E-state index in [9.17, 15) is 4.79 Å². The molecular weight excluding hydrogens is 216 g/mol. The SMILES string of the molecule is Cc1c(CNC(=O)C2(CN)CCC2)cnn1C. The number of aromatic nitrogens is 2. The Morgan fingerprint density at radius 1 is 1.65 bits per heavy atom. The Balaban J connectivity index is 1.94. The number of hydrogen-bond donors (Lipinski definition) is 2. The third kappa shape index (κ3) is 2.07. The molecule has 17 heavy (non-hydrogen) atoms. The van der Waals surface area contributed by atoms with Crippen molar-refractivity contribution in [2.75, 3.05) is 6.54 Å². The quantitative estimate of drug-likeness (QED) is 0.798. The van der Waals surface area contributed by atoms with E-state index in [1.165, 1.54) is 0 Å². The van der Waals surface area contributed by atoms with E-state index in [1.807, 2.05) is 18.7 Å². The number of carbonyl (C=O) groups is 1. The molecule has 0 unspecified atom stereocenters. The molecule has 1 aliphatic rings. The van der Waals surface area contributed by atoms with Gasteiger partial charge in [0.05, 0.1) is 11.6 Å². The Hall–Kier alpha value is -1.36. The number of rotatable bonds is 4. The summed E-state index contributed by atoms with van der Waals surface area (Å²) in [5.41, 5.74) is 7.55. The highest BCUT2D eigenvalue weighted by molar-refractivity contribution is 5.83. The summed E-state index contributed by atoms with van der Waals surface area (Å²) in [7, 11) is 1.90. The Kier molecular flexibility index (Phi) is 3.19. The molecular formula is C12H20N4O. The molecule has 5 heteroatoms. The number of carbonyl (C=O) groups excluding carboxylic acids is 1. The molecule has 0 atom stereocenters. The van der Waals surface area contributed by atoms with Crippen LogP contribution in [0.25, 0.3) is 0 Å². The average Bonchev–Trinajstić information content (AvgIpc) is 2.56. The fraction of sp³-hybridized carbons (Fsp3) is 0.667. The van der Waals surface area contributed by atoms with Gasteiger partial charge in [0.1, 0.15) is 0 Å². The van der Waals surface area contributed by atoms with Gasteiger partial charge in [-0.3, -0.25) is 9.48 Å². The number of nitrogens with zero attached hydrogens (tertiary/aromatic N) is 2. The lowest BCUT2D eigenvalue weighted by Gasteiger charge is -2.39. The lowest BCUT2D eigenvalue weighted by molar-refractivity contribution is -0.135. The molecule has 5 nitrogen and oxygen atoms in total. The summed E-state index contributed by atoms with van der Waals surface area (Å²) in [6.45, 7) is 2.99. The number of nitrogens with one attached hydrogen (secondary N) is 1. The molecule has 1 fully saturated rings. The zero-order chi connectivity index (χ0) is 12.5. The second-order valence-corrected chi connectivity index (χ2v) is 4.90. The van der Waals surface area contributed by atoms with Crippen LogP contribution in [0.1, 0.15) is 30.5 Å². The minimum absolute atomic E-state index is 0.0921. The van der Waals surface area contributed by atoms with E-state index >= 15 is 0 Å². The number of aryl methyl sites for hydroxylation is 1. The van der Waals surface area contributed by atoms with Crippen LogP contribution in [0.2, 0.25) is 0 Å². The summed E-state index contributed by atoms with van der Waals surface area (Å²) < 4.78 is 1.81. The minimum atomic E-state index is -0.296. The van der Waals surface area contributed by atoms with Crippen molar-refractivity contribution in [2.45, 2.75) is 32.7 Å². The van der Waals surface area contributed by atoms with Gasteiger partial charge in [-0.05, 0) is 19.8 Å². The highest BCUT2D eigenvalue weighted by Crippen LogP contribution is 2.40. The van der Waals surface area contributed by atoms with Crippen LogP contribution < -0.4 is 11.1 Å². The van der Waals surface area contributed by atoms with Crippen molar-refractivity contribution in [1.82, 2.24) is 15.1 Å². The Bertz CT molecular complexity index is 415. The van der Waals surface area contributed by atoms with Gasteiger partial charge in [-0.1, -0.05) is 6.42 Å². The zero-order valence-electron chi connectivity index (χ0n) is 10.5. The number of nitrogens with two attached hydrogens (primary N) is 1. The zero-order valence-corrected chi connectivity index (χ0v) is 10.5. The summed E-state index contributed by atoms with van der Waals surface area (Å²) in [6.07, 6.45) is 4.74. The normalized spacial score (nSPS) is 17.6. The monoisotopic (exact) mass is 236 g/mol. The first kappa shape index (κ1) is 12.1. The third-order valence-corrected chi connectivity index (χ3v) is 3.96. The van der Waals surface area contributed by atoms with Crippen LogP contribution in [0, 0.1) is 12.3 Å². The van der Waals surface area contributed by atoms with Gasteiger partial charge in [-0.2, -0.15) is 5.10 Å². The summed E-state index contributed by atoms with van der Waals surface area (Å²) in [4.78, 5) is 12.1. The van der Waals surface area contributed by atoms with Crippen molar-refractivity contribution in [3.05, 3.63) is 17.5 Å². The van der Waals surface area contributed by atoms with Gasteiger partial charge in [-0.25, -0.2) is 0 Å². The maximum atomic E-state index is 12.1. The third-order valence-electron chi connectivity index (χ3n) is 3.96. The maximum absolute atomic E-state index is 12.1. The maximum Gasteiger partial charge on any atom is 0.227 e. The topological polar surface area (TPSA) is 72.9 Å². The summed E-state index contributed by atoms with van der Waals surface area (Å²) >= 11 is 0. The molecule has 1 aromatic rings. The van der Waals surface area contributed by atoms with Crippen LogP contribution in [0.4, 0.5) is 0 Å². The van der Waals surface area contributed by atoms with Crippen LogP contribution in [0.5, 0.6) is 0 Å². The first-order chi connectivity index (χ1) is 8.09. The summed E-state index contributed by atoms with van der Waals surface area (Å²) in [6, 6.07) is 0. The molecule has 94 valence electrons. The van der Waals surface area contributed by atoms with Gasteiger partial charge in [0.25, 0.3) is 0 Å². The average molecular weight is 236 g/mol. The van der Waals surface area contributed by atoms with Crippen molar-refractivity contribution >= 4 is 5.91 Å². The van der Waals surface area contributed by atoms with Gasteiger partial charge in [-0.15, -0.1) is 0 Å². The molecule has 0 bridgehead atoms. The Morgan fingerprint density at radius 2 is 2.35 bits per heavy atom. The largest absolute Gasteiger partial charge is 0.351 e. The number of amides is 1. The van der Waals surface area contributed by atoms with E-state index in [1.54, 1.807) is 6.20 Å². The van der Waals surface area contributed by atoms with E-state index in [4.69, 9.17) is 5.73 Å². The Morgan fingerprint density at radius 3 is 2.76 bits per heavy atom. The fourth-order valence-electron chi connectivity index (χ4n) is 2.21. The second-order valence-electron chi connectivity index (χ2n) is 4.90. The fourth-order valence-corrected chi connectivity index (χ4v) is 2.21. The van der Waals surface area contributed by atoms with Crippen molar-refractivity contribution < 1.29 is 4.79 Å². The molecule has 1 aliphatic carbocycles. The lowest BCUT2D eigenvalue weighted by Crippen LogP contribution is -2.50. The predicted molar refractivity (Wildman–Crippen MR) is 65.1 cm³/mol. The molecule has 0 spiro atoms. The number of hydrogen-bond acceptors (Lipinski definition) is 3. The molecule has 1 amide bonds. The molecule has 1 heterocycles. The molecule has 0 saturated heterocycles. The van der Waals surface area contributed by atoms with Gasteiger partial charge in [0, 0.05) is 31.4 Å². The molecule has 0 aliphatic heterocycles. The molecule has 1 aromatic heterocycles. The van der Waals surface area contributed by atoms with E-state index in [0.29, 0.717) is 13.1 Å². The van der Waals surface area contributed by atoms with Gasteiger partial charge in [0.15, 0.2) is 0 Å². The summed E-state index contributed by atoms with van der Waals surface area (Å²) in [5, 5.41) is 7.13. The highest BCUT2D eigenvalue weighted by Gasteiger charge is 2.42. The van der Waals surface area contributed by atoms with Crippen molar-refractivity contribution in [1.29, 1.82) is 0 Å².